The van der Waals surface area contributed by atoms with Crippen LogP contribution in [0.5, 0.6) is 0 Å². The highest BCUT2D eigenvalue weighted by Gasteiger charge is 2.22. The number of hydrogen-bond donors (Lipinski definition) is 1. The SMILES string of the molecule is CN1CC/C(=C/c2ccccc2N)C1=O. The van der Waals surface area contributed by atoms with Gasteiger partial charge in [-0.05, 0) is 24.1 Å². The summed E-state index contributed by atoms with van der Waals surface area (Å²) in [5, 5.41) is 0. The molecule has 0 aliphatic carbocycles. The molecule has 1 fully saturated rings. The second-order valence-corrected chi connectivity index (χ2v) is 3.78. The van der Waals surface area contributed by atoms with Gasteiger partial charge in [-0.3, -0.25) is 4.79 Å². The maximum Gasteiger partial charge on any atom is 0.249 e. The highest BCUT2D eigenvalue weighted by molar-refractivity contribution is 6.00. The summed E-state index contributed by atoms with van der Waals surface area (Å²) >= 11 is 0. The monoisotopic (exact) mass is 202 g/mol. The Hall–Kier alpha value is -1.77. The zero-order valence-corrected chi connectivity index (χ0v) is 8.73. The first kappa shape index (κ1) is 9.77. The molecule has 0 saturated carbocycles. The smallest absolute Gasteiger partial charge is 0.249 e. The number of nitrogens with zero attached hydrogens (tertiary/aromatic N) is 1. The van der Waals surface area contributed by atoms with Crippen LogP contribution in [0.3, 0.4) is 0 Å². The van der Waals surface area contributed by atoms with E-state index in [2.05, 4.69) is 0 Å². The topological polar surface area (TPSA) is 46.3 Å². The van der Waals surface area contributed by atoms with E-state index >= 15 is 0 Å². The molecule has 15 heavy (non-hydrogen) atoms. The fourth-order valence-electron chi connectivity index (χ4n) is 1.71. The number of rotatable bonds is 1. The molecule has 2 rings (SSSR count). The van der Waals surface area contributed by atoms with E-state index in [4.69, 9.17) is 5.73 Å². The van der Waals surface area contributed by atoms with Crippen LogP contribution in [-0.2, 0) is 4.79 Å². The summed E-state index contributed by atoms with van der Waals surface area (Å²) in [6, 6.07) is 7.58. The number of para-hydroxylation sites is 1. The molecule has 1 aromatic rings. The molecule has 3 heteroatoms. The fraction of sp³-hybridized carbons (Fsp3) is 0.250. The van der Waals surface area contributed by atoms with Gasteiger partial charge in [0.15, 0.2) is 0 Å². The molecule has 0 radical (unpaired) electrons. The van der Waals surface area contributed by atoms with E-state index < -0.39 is 0 Å². The molecule has 78 valence electrons. The van der Waals surface area contributed by atoms with Crippen LogP contribution in [0.15, 0.2) is 29.8 Å². The van der Waals surface area contributed by atoms with Gasteiger partial charge < -0.3 is 10.6 Å². The van der Waals surface area contributed by atoms with Crippen molar-refractivity contribution in [2.24, 2.45) is 0 Å². The fourth-order valence-corrected chi connectivity index (χ4v) is 1.71. The zero-order chi connectivity index (χ0) is 10.8. The van der Waals surface area contributed by atoms with Gasteiger partial charge in [0.2, 0.25) is 5.91 Å². The van der Waals surface area contributed by atoms with Gasteiger partial charge in [-0.1, -0.05) is 18.2 Å². The zero-order valence-electron chi connectivity index (χ0n) is 8.73. The summed E-state index contributed by atoms with van der Waals surface area (Å²) in [5.74, 6) is 0.109. The number of nitrogens with two attached hydrogens (primary N) is 1. The Morgan fingerprint density at radius 2 is 2.13 bits per heavy atom. The lowest BCUT2D eigenvalue weighted by Crippen LogP contribution is -2.18. The van der Waals surface area contributed by atoms with E-state index in [-0.39, 0.29) is 5.91 Å². The third-order valence-corrected chi connectivity index (χ3v) is 2.66. The Kier molecular flexibility index (Phi) is 2.46. The van der Waals surface area contributed by atoms with E-state index in [0.29, 0.717) is 5.69 Å². The summed E-state index contributed by atoms with van der Waals surface area (Å²) in [5.41, 5.74) is 8.29. The average Bonchev–Trinajstić information content (AvgIpc) is 2.53. The van der Waals surface area contributed by atoms with E-state index in [1.54, 1.807) is 4.90 Å². The van der Waals surface area contributed by atoms with Crippen molar-refractivity contribution in [1.82, 2.24) is 4.90 Å². The highest BCUT2D eigenvalue weighted by Crippen LogP contribution is 2.21. The first-order valence-corrected chi connectivity index (χ1v) is 4.99. The molecule has 2 N–H and O–H groups in total. The highest BCUT2D eigenvalue weighted by atomic mass is 16.2. The van der Waals surface area contributed by atoms with Gasteiger partial charge in [0.25, 0.3) is 0 Å². The third-order valence-electron chi connectivity index (χ3n) is 2.66. The number of hydrogen-bond acceptors (Lipinski definition) is 2. The summed E-state index contributed by atoms with van der Waals surface area (Å²) in [4.78, 5) is 13.4. The molecule has 1 heterocycles. The van der Waals surface area contributed by atoms with Crippen molar-refractivity contribution in [3.8, 4) is 0 Å². The lowest BCUT2D eigenvalue weighted by molar-refractivity contribution is -0.123. The molecule has 1 amide bonds. The molecule has 0 bridgehead atoms. The molecular weight excluding hydrogens is 188 g/mol. The molecule has 1 saturated heterocycles. The van der Waals surface area contributed by atoms with Crippen molar-refractivity contribution in [1.29, 1.82) is 0 Å². The van der Waals surface area contributed by atoms with Gasteiger partial charge in [-0.2, -0.15) is 0 Å². The van der Waals surface area contributed by atoms with E-state index in [9.17, 15) is 4.79 Å². The quantitative estimate of drug-likeness (QED) is 0.554. The minimum absolute atomic E-state index is 0.109. The lowest BCUT2D eigenvalue weighted by Gasteiger charge is -2.05. The van der Waals surface area contributed by atoms with E-state index in [1.807, 2.05) is 37.4 Å². The third kappa shape index (κ3) is 1.86. The van der Waals surface area contributed by atoms with E-state index in [0.717, 1.165) is 24.1 Å². The predicted octanol–water partition coefficient (Wildman–Crippen LogP) is 1.51. The maximum absolute atomic E-state index is 11.6. The number of carbonyl (C=O) groups excluding carboxylic acids is 1. The molecule has 1 aromatic carbocycles. The minimum Gasteiger partial charge on any atom is -0.398 e. The van der Waals surface area contributed by atoms with Crippen molar-refractivity contribution in [3.63, 3.8) is 0 Å². The maximum atomic E-state index is 11.6. The number of likely N-dealkylation sites (N-methyl/N-ethyl adjacent to an activating group) is 1. The summed E-state index contributed by atoms with van der Waals surface area (Å²) in [7, 11) is 1.82. The van der Waals surface area contributed by atoms with Crippen LogP contribution < -0.4 is 5.73 Å². The summed E-state index contributed by atoms with van der Waals surface area (Å²) in [6.45, 7) is 0.803. The Morgan fingerprint density at radius 3 is 2.73 bits per heavy atom. The van der Waals surface area contributed by atoms with Crippen LogP contribution in [0.25, 0.3) is 6.08 Å². The largest absolute Gasteiger partial charge is 0.398 e. The van der Waals surface area contributed by atoms with E-state index in [1.165, 1.54) is 0 Å². The molecule has 1 aliphatic rings. The standard InChI is InChI=1S/C12H14N2O/c1-14-7-6-10(12(14)15)8-9-4-2-3-5-11(9)13/h2-5,8H,6-7,13H2,1H3/b10-8-. The Balaban J connectivity index is 2.32. The van der Waals surface area contributed by atoms with Crippen molar-refractivity contribution in [2.75, 3.05) is 19.3 Å². The van der Waals surface area contributed by atoms with Gasteiger partial charge in [-0.25, -0.2) is 0 Å². The summed E-state index contributed by atoms with van der Waals surface area (Å²) < 4.78 is 0. The molecule has 0 aromatic heterocycles. The second-order valence-electron chi connectivity index (χ2n) is 3.78. The molecular formula is C12H14N2O. The number of likely N-dealkylation sites (tertiary alicyclic amines) is 1. The molecule has 1 aliphatic heterocycles. The molecule has 0 spiro atoms. The first-order chi connectivity index (χ1) is 7.18. The Bertz CT molecular complexity index is 423. The normalized spacial score (nSPS) is 18.9. The average molecular weight is 202 g/mol. The Labute approximate surface area is 89.2 Å². The number of nitrogen functional groups attached to an aromatic ring is 1. The Morgan fingerprint density at radius 1 is 1.40 bits per heavy atom. The lowest BCUT2D eigenvalue weighted by atomic mass is 10.1. The van der Waals surface area contributed by atoms with Crippen LogP contribution >= 0.6 is 0 Å². The van der Waals surface area contributed by atoms with Gasteiger partial charge in [-0.15, -0.1) is 0 Å². The van der Waals surface area contributed by atoms with Gasteiger partial charge >= 0.3 is 0 Å². The predicted molar refractivity (Wildman–Crippen MR) is 61.1 cm³/mol. The van der Waals surface area contributed by atoms with Crippen LogP contribution in [0.4, 0.5) is 5.69 Å². The van der Waals surface area contributed by atoms with Crippen molar-refractivity contribution in [2.45, 2.75) is 6.42 Å². The van der Waals surface area contributed by atoms with Crippen LogP contribution in [-0.4, -0.2) is 24.4 Å². The van der Waals surface area contributed by atoms with Crippen molar-refractivity contribution in [3.05, 3.63) is 35.4 Å². The molecule has 0 unspecified atom stereocenters. The molecule has 0 atom stereocenters. The van der Waals surface area contributed by atoms with Crippen LogP contribution in [0, 0.1) is 0 Å². The van der Waals surface area contributed by atoms with Crippen LogP contribution in [0.2, 0.25) is 0 Å². The van der Waals surface area contributed by atoms with Gasteiger partial charge in [0.1, 0.15) is 0 Å². The number of benzene rings is 1. The van der Waals surface area contributed by atoms with Gasteiger partial charge in [0, 0.05) is 24.9 Å². The first-order valence-electron chi connectivity index (χ1n) is 4.99. The minimum atomic E-state index is 0.109. The van der Waals surface area contributed by atoms with Crippen molar-refractivity contribution < 1.29 is 4.79 Å². The second kappa shape index (κ2) is 3.77. The summed E-state index contributed by atoms with van der Waals surface area (Å²) in [6.07, 6.45) is 2.70. The van der Waals surface area contributed by atoms with Crippen molar-refractivity contribution >= 4 is 17.7 Å². The molecule has 3 nitrogen and oxygen atoms in total. The number of carbonyl (C=O) groups is 1. The van der Waals surface area contributed by atoms with Crippen LogP contribution in [0.1, 0.15) is 12.0 Å². The van der Waals surface area contributed by atoms with Gasteiger partial charge in [0.05, 0.1) is 0 Å². The number of anilines is 1. The number of amides is 1.